The maximum atomic E-state index is 8.07. The quantitative estimate of drug-likeness (QED) is 0.519. The van der Waals surface area contributed by atoms with Gasteiger partial charge in [-0.3, -0.25) is 0 Å². The lowest BCUT2D eigenvalue weighted by Crippen LogP contribution is -2.35. The van der Waals surface area contributed by atoms with E-state index in [0.717, 1.165) is 21.1 Å². The Morgan fingerprint density at radius 2 is 1.36 bits per heavy atom. The summed E-state index contributed by atoms with van der Waals surface area (Å²) in [4.78, 5) is 0. The maximum absolute atomic E-state index is 8.07. The van der Waals surface area contributed by atoms with Gasteiger partial charge in [0.2, 0.25) is 0 Å². The molecule has 0 aromatic rings. The molecule has 1 nitrogen and oxygen atoms in total. The van der Waals surface area contributed by atoms with Gasteiger partial charge in [0.05, 0.1) is 30.4 Å². The molecule has 0 aliphatic rings. The van der Waals surface area contributed by atoms with Gasteiger partial charge in [-0.2, -0.15) is 0 Å². The van der Waals surface area contributed by atoms with E-state index in [0.29, 0.717) is 0 Å². The number of quaternary nitrogens is 1. The Bertz CT molecular complexity index is 718. The molecule has 0 aliphatic heterocycles. The summed E-state index contributed by atoms with van der Waals surface area (Å²) >= 11 is 0. The van der Waals surface area contributed by atoms with Crippen LogP contribution in [0, 0.1) is 0 Å². The summed E-state index contributed by atoms with van der Waals surface area (Å²) in [6.07, 6.45) is -34.7. The van der Waals surface area contributed by atoms with E-state index in [1.807, 2.05) is 0 Å². The molecule has 0 amide bonds. The van der Waals surface area contributed by atoms with E-state index >= 15 is 0 Å². The molecule has 86 valence electrons. The van der Waals surface area contributed by atoms with Crippen LogP contribution in [0.2, 0.25) is 0 Å². The Morgan fingerprint density at radius 1 is 0.857 bits per heavy atom. The second-order valence-electron chi connectivity index (χ2n) is 3.12. The summed E-state index contributed by atoms with van der Waals surface area (Å²) in [5.41, 5.74) is 0. The fourth-order valence-corrected chi connectivity index (χ4v) is 0.383. The van der Waals surface area contributed by atoms with Crippen LogP contribution in [0.5, 0.6) is 0 Å². The van der Waals surface area contributed by atoms with E-state index in [2.05, 4.69) is 0 Å². The predicted molar refractivity (Wildman–Crippen MR) is 65.5 cm³/mol. The average molecular weight is 222 g/mol. The summed E-state index contributed by atoms with van der Waals surface area (Å²) in [5.74, 6) is 0. The van der Waals surface area contributed by atoms with Gasteiger partial charge in [-0.1, -0.05) is 45.1 Å². The van der Waals surface area contributed by atoms with E-state index in [1.165, 1.54) is 0 Å². The van der Waals surface area contributed by atoms with Crippen molar-refractivity contribution in [2.75, 3.05) is 27.6 Å². The minimum atomic E-state index is -4.54. The van der Waals surface area contributed by atoms with Crippen LogP contribution >= 0.6 is 0 Å². The number of hydrogen-bond acceptors (Lipinski definition) is 0. The molecular formula is C13H30N+. The summed E-state index contributed by atoms with van der Waals surface area (Å²) in [7, 11) is 3.25. The lowest BCUT2D eigenvalue weighted by Gasteiger charge is -2.23. The highest BCUT2D eigenvalue weighted by Crippen LogP contribution is 2.09. The molecule has 0 unspecified atom stereocenters. The average Bonchev–Trinajstić information content (AvgIpc) is 2.58. The van der Waals surface area contributed by atoms with Crippen molar-refractivity contribution in [3.8, 4) is 0 Å². The number of rotatable bonds is 9. The fraction of sp³-hybridized carbons (Fsp3) is 1.00. The third-order valence-corrected chi connectivity index (χ3v) is 0.829. The van der Waals surface area contributed by atoms with E-state index in [1.54, 1.807) is 0 Å². The Balaban J connectivity index is 7.15. The van der Waals surface area contributed by atoms with Crippen molar-refractivity contribution in [1.82, 2.24) is 0 Å². The summed E-state index contributed by atoms with van der Waals surface area (Å²) in [5, 5.41) is 0. The van der Waals surface area contributed by atoms with Gasteiger partial charge >= 0.3 is 0 Å². The first-order valence-corrected chi connectivity index (χ1v) is 3.82. The van der Waals surface area contributed by atoms with E-state index in [-0.39, 0.29) is 0 Å². The molecule has 0 saturated heterocycles. The molecule has 0 fully saturated rings. The van der Waals surface area contributed by atoms with Crippen molar-refractivity contribution in [2.24, 2.45) is 0 Å². The van der Waals surface area contributed by atoms with Crippen LogP contribution in [-0.2, 0) is 0 Å². The molecule has 0 atom stereocenters. The molecule has 0 aliphatic carbocycles. The van der Waals surface area contributed by atoms with Crippen molar-refractivity contribution < 1.29 is 33.3 Å². The summed E-state index contributed by atoms with van der Waals surface area (Å²) < 4.78 is 164. The largest absolute Gasteiger partial charge is 0.331 e. The van der Waals surface area contributed by atoms with Gasteiger partial charge in [0, 0.05) is 26.0 Å². The van der Waals surface area contributed by atoms with Gasteiger partial charge in [0.15, 0.2) is 0 Å². The third kappa shape index (κ3) is 12.0. The van der Waals surface area contributed by atoms with E-state index < -0.39 is 68.8 Å². The summed E-state index contributed by atoms with van der Waals surface area (Å²) in [6, 6.07) is 0. The van der Waals surface area contributed by atoms with Crippen molar-refractivity contribution in [1.29, 1.82) is 0 Å². The first-order chi connectivity index (χ1) is 14.5. The zero-order valence-corrected chi connectivity index (χ0v) is 8.45. The van der Waals surface area contributed by atoms with Crippen LogP contribution < -0.4 is 0 Å². The van der Waals surface area contributed by atoms with Gasteiger partial charge < -0.3 is 4.48 Å². The maximum Gasteiger partial charge on any atom is 0.0924 e. The van der Waals surface area contributed by atoms with Crippen molar-refractivity contribution in [2.45, 2.75) is 57.8 Å². The smallest absolute Gasteiger partial charge is 0.0924 e. The van der Waals surface area contributed by atoms with E-state index in [9.17, 15) is 0 Å². The second kappa shape index (κ2) is 8.28. The van der Waals surface area contributed by atoms with Crippen LogP contribution in [-0.4, -0.2) is 32.1 Å². The minimum Gasteiger partial charge on any atom is -0.331 e. The molecule has 1 heteroatoms. The lowest BCUT2D eigenvalue weighted by molar-refractivity contribution is -0.870. The SMILES string of the molecule is [2H]C([2H])([2H])C([2H])([2H])C([2H])([2H])C([2H])([2H])C([2H])([2H])C([2H])([2H])C([2H])([2H])C([2H])([2H])C([2H])([2H])C([2H])([2H])[N+](C)(C)C. The van der Waals surface area contributed by atoms with Crippen molar-refractivity contribution in [3.63, 3.8) is 0 Å². The van der Waals surface area contributed by atoms with Crippen LogP contribution in [0.15, 0.2) is 0 Å². The van der Waals surface area contributed by atoms with Gasteiger partial charge in [-0.05, 0) is 12.7 Å². The first-order valence-electron chi connectivity index (χ1n) is 14.3. The molecule has 0 N–H and O–H groups in total. The number of hydrogen-bond donors (Lipinski definition) is 0. The highest BCUT2D eigenvalue weighted by molar-refractivity contribution is 4.45. The van der Waals surface area contributed by atoms with E-state index in [4.69, 9.17) is 28.8 Å². The third-order valence-electron chi connectivity index (χ3n) is 0.829. The Hall–Kier alpha value is -0.0400. The van der Waals surface area contributed by atoms with Crippen LogP contribution in [0.3, 0.4) is 0 Å². The Morgan fingerprint density at radius 3 is 1.86 bits per heavy atom. The highest BCUT2D eigenvalue weighted by atomic mass is 15.3. The zero-order chi connectivity index (χ0) is 29.5. The molecule has 0 rings (SSSR count). The predicted octanol–water partition coefficient (Wildman–Crippen LogP) is 3.83. The molecule has 0 heterocycles. The Kier molecular flexibility index (Phi) is 1.20. The number of nitrogens with zero attached hydrogens (tertiary/aromatic N) is 1. The Labute approximate surface area is 121 Å². The van der Waals surface area contributed by atoms with Gasteiger partial charge in [-0.15, -0.1) is 0 Å². The molecular weight excluding hydrogens is 170 g/mol. The van der Waals surface area contributed by atoms with Gasteiger partial charge in [0.25, 0.3) is 0 Å². The lowest BCUT2D eigenvalue weighted by atomic mass is 10.1. The van der Waals surface area contributed by atoms with Gasteiger partial charge in [0.1, 0.15) is 0 Å². The van der Waals surface area contributed by atoms with Crippen LogP contribution in [0.1, 0.15) is 86.6 Å². The molecule has 0 aromatic carbocycles. The van der Waals surface area contributed by atoms with Crippen LogP contribution in [0.4, 0.5) is 0 Å². The van der Waals surface area contributed by atoms with Crippen LogP contribution in [0.25, 0.3) is 0 Å². The molecule has 0 saturated carbocycles. The topological polar surface area (TPSA) is 0 Å². The normalized spacial score (nSPS) is 44.4. The zero-order valence-electron chi connectivity index (χ0n) is 29.4. The summed E-state index contributed by atoms with van der Waals surface area (Å²) in [6.45, 7) is -7.17. The highest BCUT2D eigenvalue weighted by Gasteiger charge is 2.04. The molecule has 0 bridgehead atoms. The van der Waals surface area contributed by atoms with Crippen molar-refractivity contribution >= 4 is 0 Å². The minimum absolute atomic E-state index is 0.965. The molecule has 14 heavy (non-hydrogen) atoms. The van der Waals surface area contributed by atoms with Gasteiger partial charge in [-0.25, -0.2) is 0 Å². The van der Waals surface area contributed by atoms with Crippen molar-refractivity contribution in [3.05, 3.63) is 0 Å². The molecule has 0 aromatic heterocycles. The fourth-order valence-electron chi connectivity index (χ4n) is 0.383. The second-order valence-corrected chi connectivity index (χ2v) is 3.12. The first kappa shape index (κ1) is 2.03. The monoisotopic (exact) mass is 221 g/mol. The molecule has 0 spiro atoms. The molecule has 0 radical (unpaired) electrons. The standard InChI is InChI=1S/C13H30N/c1-5-6-7-8-9-10-11-12-13-14(2,3)4/h5-13H2,1-4H3/q+1/i1D3,5D2,6D2,7D2,8D2,9D2,10D2,11D2,12D2,13D2.